The molecule has 0 aliphatic rings. The Hall–Kier alpha value is -4.91. The molecule has 40 heavy (non-hydrogen) atoms. The lowest BCUT2D eigenvalue weighted by molar-refractivity contribution is -0.137. The molecule has 4 aromatic carbocycles. The highest BCUT2D eigenvalue weighted by Gasteiger charge is 2.30. The summed E-state index contributed by atoms with van der Waals surface area (Å²) in [6, 6.07) is 30.4. The molecule has 0 bridgehead atoms. The van der Waals surface area contributed by atoms with Gasteiger partial charge in [0.2, 0.25) is 0 Å². The van der Waals surface area contributed by atoms with E-state index in [1.165, 1.54) is 12.1 Å². The Balaban J connectivity index is 1.69. The lowest BCUT2D eigenvalue weighted by atomic mass is 9.94. The fourth-order valence-electron chi connectivity index (χ4n) is 4.93. The number of halogens is 3. The molecule has 6 aromatic rings. The molecule has 0 aliphatic heterocycles. The number of benzene rings is 4. The Bertz CT molecular complexity index is 1810. The van der Waals surface area contributed by atoms with Crippen LogP contribution in [0.2, 0.25) is 0 Å². The van der Waals surface area contributed by atoms with Gasteiger partial charge in [-0.3, -0.25) is 0 Å². The van der Waals surface area contributed by atoms with Crippen LogP contribution in [0.25, 0.3) is 56.1 Å². The summed E-state index contributed by atoms with van der Waals surface area (Å²) in [6.07, 6.45) is -4.43. The van der Waals surface area contributed by atoms with Crippen LogP contribution in [0.1, 0.15) is 11.1 Å². The first kappa shape index (κ1) is 25.4. The van der Waals surface area contributed by atoms with Crippen molar-refractivity contribution in [3.63, 3.8) is 0 Å². The number of methoxy groups -OCH3 is 1. The first-order chi connectivity index (χ1) is 19.3. The summed E-state index contributed by atoms with van der Waals surface area (Å²) in [5.41, 5.74) is 6.35. The largest absolute Gasteiger partial charge is 0.497 e. The van der Waals surface area contributed by atoms with Gasteiger partial charge in [-0.1, -0.05) is 66.7 Å². The van der Waals surface area contributed by atoms with Gasteiger partial charge in [-0.05, 0) is 60.0 Å². The van der Waals surface area contributed by atoms with Crippen molar-refractivity contribution >= 4 is 11.0 Å². The molecule has 0 atom stereocenters. The molecular formula is C33H24F3N3O. The van der Waals surface area contributed by atoms with Crippen molar-refractivity contribution < 1.29 is 17.9 Å². The van der Waals surface area contributed by atoms with E-state index in [2.05, 4.69) is 4.98 Å². The van der Waals surface area contributed by atoms with Crippen molar-refractivity contribution in [1.29, 1.82) is 0 Å². The summed E-state index contributed by atoms with van der Waals surface area (Å²) < 4.78 is 45.5. The number of hydrogen-bond donors (Lipinski definition) is 1. The third-order valence-electron chi connectivity index (χ3n) is 6.96. The van der Waals surface area contributed by atoms with Gasteiger partial charge in [0, 0.05) is 16.7 Å². The predicted octanol–water partition coefficient (Wildman–Crippen LogP) is 8.96. The molecule has 0 spiro atoms. The number of hydrogen-bond acceptors (Lipinski definition) is 3. The van der Waals surface area contributed by atoms with Crippen molar-refractivity contribution in [2.24, 2.45) is 0 Å². The number of nitrogens with zero attached hydrogens (tertiary/aromatic N) is 2. The number of aromatic nitrogens is 3. The fourth-order valence-corrected chi connectivity index (χ4v) is 4.93. The molecule has 0 unspecified atom stereocenters. The molecule has 198 valence electrons. The van der Waals surface area contributed by atoms with Crippen molar-refractivity contribution in [3.05, 3.63) is 114 Å². The van der Waals surface area contributed by atoms with Crippen molar-refractivity contribution in [3.8, 4) is 50.8 Å². The zero-order valence-electron chi connectivity index (χ0n) is 21.8. The van der Waals surface area contributed by atoms with Crippen molar-refractivity contribution in [2.45, 2.75) is 13.1 Å². The zero-order valence-corrected chi connectivity index (χ0v) is 21.8. The average Bonchev–Trinajstić information content (AvgIpc) is 3.37. The van der Waals surface area contributed by atoms with E-state index in [9.17, 15) is 13.2 Å². The average molecular weight is 536 g/mol. The fraction of sp³-hybridized carbons (Fsp3) is 0.0909. The Kier molecular flexibility index (Phi) is 6.34. The normalized spacial score (nSPS) is 11.6. The van der Waals surface area contributed by atoms with Crippen LogP contribution in [-0.2, 0) is 6.18 Å². The van der Waals surface area contributed by atoms with Crippen LogP contribution in [0, 0.1) is 6.92 Å². The highest BCUT2D eigenvalue weighted by molar-refractivity contribution is 6.09. The molecule has 0 amide bonds. The molecule has 0 radical (unpaired) electrons. The topological polar surface area (TPSA) is 50.8 Å². The lowest BCUT2D eigenvalue weighted by Gasteiger charge is -2.13. The van der Waals surface area contributed by atoms with Gasteiger partial charge in [0.25, 0.3) is 0 Å². The van der Waals surface area contributed by atoms with Gasteiger partial charge < -0.3 is 9.72 Å². The first-order valence-corrected chi connectivity index (χ1v) is 12.7. The maximum Gasteiger partial charge on any atom is 0.416 e. The Morgan fingerprint density at radius 2 is 1.35 bits per heavy atom. The SMILES string of the molecule is COc1ccc(-c2nc(-c3ccccc3C)c3c(-c4ccc(C(F)(F)F)cc4)c(-c4ccccc4)[nH]c3n2)cc1. The Labute approximate surface area is 229 Å². The van der Waals surface area contributed by atoms with Gasteiger partial charge >= 0.3 is 6.18 Å². The molecule has 1 N–H and O–H groups in total. The number of aromatic amines is 1. The van der Waals surface area contributed by atoms with Crippen molar-refractivity contribution in [2.75, 3.05) is 7.11 Å². The maximum atomic E-state index is 13.4. The standard InChI is InChI=1S/C33H24F3N3O/c1-20-8-6-7-11-26(20)30-28-27(21-12-16-24(17-13-21)33(34,35)36)29(22-9-4-3-5-10-22)37-32(28)39-31(38-30)23-14-18-25(40-2)19-15-23/h3-19H,1-2H3,(H,37,38,39). The minimum absolute atomic E-state index is 0.522. The third kappa shape index (κ3) is 4.60. The highest BCUT2D eigenvalue weighted by atomic mass is 19.4. The first-order valence-electron chi connectivity index (χ1n) is 12.7. The van der Waals surface area contributed by atoms with Crippen LogP contribution >= 0.6 is 0 Å². The van der Waals surface area contributed by atoms with E-state index >= 15 is 0 Å². The van der Waals surface area contributed by atoms with E-state index in [1.54, 1.807) is 7.11 Å². The van der Waals surface area contributed by atoms with Gasteiger partial charge in [-0.2, -0.15) is 13.2 Å². The predicted molar refractivity (Wildman–Crippen MR) is 152 cm³/mol. The quantitative estimate of drug-likeness (QED) is 0.240. The lowest BCUT2D eigenvalue weighted by Crippen LogP contribution is -2.04. The molecule has 2 heterocycles. The number of fused-ring (bicyclic) bond motifs is 1. The number of H-pyrrole nitrogens is 1. The molecule has 0 aliphatic carbocycles. The van der Waals surface area contributed by atoms with Crippen LogP contribution in [0.4, 0.5) is 13.2 Å². The van der Waals surface area contributed by atoms with Crippen LogP contribution < -0.4 is 4.74 Å². The molecule has 6 rings (SSSR count). The molecule has 0 saturated heterocycles. The van der Waals surface area contributed by atoms with Crippen molar-refractivity contribution in [1.82, 2.24) is 15.0 Å². The second kappa shape index (κ2) is 10.0. The number of rotatable bonds is 5. The summed E-state index contributed by atoms with van der Waals surface area (Å²) in [5.74, 6) is 1.24. The smallest absolute Gasteiger partial charge is 0.416 e. The van der Waals surface area contributed by atoms with Gasteiger partial charge in [0.1, 0.15) is 11.4 Å². The van der Waals surface area contributed by atoms with Crippen LogP contribution in [-0.4, -0.2) is 22.1 Å². The van der Waals surface area contributed by atoms with E-state index in [1.807, 2.05) is 85.8 Å². The van der Waals surface area contributed by atoms with E-state index in [-0.39, 0.29) is 0 Å². The summed E-state index contributed by atoms with van der Waals surface area (Å²) in [6.45, 7) is 2.01. The number of aryl methyl sites for hydroxylation is 1. The molecule has 0 saturated carbocycles. The third-order valence-corrected chi connectivity index (χ3v) is 6.96. The summed E-state index contributed by atoms with van der Waals surface area (Å²) in [7, 11) is 1.61. The molecule has 0 fully saturated rings. The Morgan fingerprint density at radius 3 is 2.00 bits per heavy atom. The van der Waals surface area contributed by atoms with Crippen LogP contribution in [0.15, 0.2) is 103 Å². The van der Waals surface area contributed by atoms with Gasteiger partial charge in [-0.15, -0.1) is 0 Å². The number of nitrogens with one attached hydrogen (secondary N) is 1. The van der Waals surface area contributed by atoms with E-state index in [0.717, 1.165) is 56.8 Å². The second-order valence-electron chi connectivity index (χ2n) is 9.48. The molecule has 4 nitrogen and oxygen atoms in total. The molecular weight excluding hydrogens is 511 g/mol. The molecule has 2 aromatic heterocycles. The van der Waals surface area contributed by atoms with Crippen LogP contribution in [0.3, 0.4) is 0 Å². The van der Waals surface area contributed by atoms with Gasteiger partial charge in [0.15, 0.2) is 5.82 Å². The number of ether oxygens (including phenoxy) is 1. The summed E-state index contributed by atoms with van der Waals surface area (Å²) in [5, 5.41) is 0.741. The minimum Gasteiger partial charge on any atom is -0.497 e. The maximum absolute atomic E-state index is 13.4. The molecule has 7 heteroatoms. The van der Waals surface area contributed by atoms with Gasteiger partial charge in [-0.25, -0.2) is 9.97 Å². The number of alkyl halides is 3. The van der Waals surface area contributed by atoms with E-state index in [4.69, 9.17) is 14.7 Å². The van der Waals surface area contributed by atoms with Crippen LogP contribution in [0.5, 0.6) is 5.75 Å². The Morgan fingerprint density at radius 1 is 0.700 bits per heavy atom. The van der Waals surface area contributed by atoms with E-state index in [0.29, 0.717) is 22.7 Å². The minimum atomic E-state index is -4.43. The second-order valence-corrected chi connectivity index (χ2v) is 9.48. The summed E-state index contributed by atoms with van der Waals surface area (Å²) in [4.78, 5) is 13.5. The monoisotopic (exact) mass is 535 g/mol. The van der Waals surface area contributed by atoms with Gasteiger partial charge in [0.05, 0.1) is 29.4 Å². The van der Waals surface area contributed by atoms with E-state index < -0.39 is 11.7 Å². The summed E-state index contributed by atoms with van der Waals surface area (Å²) >= 11 is 0. The zero-order chi connectivity index (χ0) is 27.9. The highest BCUT2D eigenvalue weighted by Crippen LogP contribution is 2.43.